The summed E-state index contributed by atoms with van der Waals surface area (Å²) in [5, 5.41) is 0.377. The minimum atomic E-state index is 0.377. The average Bonchev–Trinajstić information content (AvgIpc) is 2.77. The van der Waals surface area contributed by atoms with Crippen LogP contribution in [-0.4, -0.2) is 36.3 Å². The molecule has 0 bridgehead atoms. The number of hydrogen-bond acceptors (Lipinski definition) is 4. The molecule has 0 N–H and O–H groups in total. The molecule has 0 amide bonds. The number of morpholine rings is 1. The first-order valence-electron chi connectivity index (χ1n) is 5.72. The molecule has 4 nitrogen and oxygen atoms in total. The zero-order valence-corrected chi connectivity index (χ0v) is 9.83. The van der Waals surface area contributed by atoms with Gasteiger partial charge in [0.1, 0.15) is 5.82 Å². The minimum absolute atomic E-state index is 0.377. The van der Waals surface area contributed by atoms with Crippen LogP contribution in [0.3, 0.4) is 0 Å². The van der Waals surface area contributed by atoms with E-state index in [9.17, 15) is 0 Å². The second-order valence-corrected chi connectivity index (χ2v) is 4.53. The normalized spacial score (nSPS) is 19.9. The first-order chi connectivity index (χ1) is 7.84. The largest absolute Gasteiger partial charge is 0.378 e. The van der Waals surface area contributed by atoms with Gasteiger partial charge >= 0.3 is 0 Å². The van der Waals surface area contributed by atoms with Crippen LogP contribution >= 0.6 is 11.6 Å². The highest BCUT2D eigenvalue weighted by Gasteiger charge is 2.23. The minimum Gasteiger partial charge on any atom is -0.378 e. The maximum Gasteiger partial charge on any atom is 0.224 e. The fourth-order valence-corrected chi connectivity index (χ4v) is 2.60. The van der Waals surface area contributed by atoms with Crippen LogP contribution < -0.4 is 4.90 Å². The maximum atomic E-state index is 5.97. The van der Waals surface area contributed by atoms with E-state index in [0.29, 0.717) is 5.28 Å². The van der Waals surface area contributed by atoms with Crippen molar-refractivity contribution in [1.82, 2.24) is 9.97 Å². The molecule has 0 radical (unpaired) electrons. The van der Waals surface area contributed by atoms with Crippen LogP contribution in [0.15, 0.2) is 0 Å². The topological polar surface area (TPSA) is 38.2 Å². The summed E-state index contributed by atoms with van der Waals surface area (Å²) in [6.07, 6.45) is 3.29. The molecule has 5 heteroatoms. The van der Waals surface area contributed by atoms with E-state index in [-0.39, 0.29) is 0 Å². The number of hydrogen-bond donors (Lipinski definition) is 0. The number of fused-ring (bicyclic) bond motifs is 1. The van der Waals surface area contributed by atoms with Crippen LogP contribution in [0.2, 0.25) is 5.28 Å². The molecule has 3 rings (SSSR count). The SMILES string of the molecule is Clc1nc2c(c(N3CCOCC3)n1)CCC2. The Bertz CT molecular complexity index is 404. The summed E-state index contributed by atoms with van der Waals surface area (Å²) in [6, 6.07) is 0. The van der Waals surface area contributed by atoms with E-state index in [2.05, 4.69) is 14.9 Å². The Morgan fingerprint density at radius 1 is 1.12 bits per heavy atom. The molecule has 16 heavy (non-hydrogen) atoms. The summed E-state index contributed by atoms with van der Waals surface area (Å²) in [7, 11) is 0. The van der Waals surface area contributed by atoms with E-state index >= 15 is 0 Å². The summed E-state index contributed by atoms with van der Waals surface area (Å²) in [5.41, 5.74) is 2.44. The zero-order valence-electron chi connectivity index (χ0n) is 9.08. The summed E-state index contributed by atoms with van der Waals surface area (Å²) < 4.78 is 5.35. The molecule has 0 spiro atoms. The van der Waals surface area contributed by atoms with E-state index in [1.165, 1.54) is 12.0 Å². The number of anilines is 1. The fraction of sp³-hybridized carbons (Fsp3) is 0.636. The van der Waals surface area contributed by atoms with Crippen molar-refractivity contribution in [3.05, 3.63) is 16.5 Å². The second kappa shape index (κ2) is 4.18. The highest BCUT2D eigenvalue weighted by atomic mass is 35.5. The molecule has 0 saturated carbocycles. The molecule has 1 aromatic rings. The first-order valence-corrected chi connectivity index (χ1v) is 6.10. The van der Waals surface area contributed by atoms with Gasteiger partial charge in [-0.15, -0.1) is 0 Å². The number of ether oxygens (including phenoxy) is 1. The molecular weight excluding hydrogens is 226 g/mol. The Hall–Kier alpha value is -0.870. The third-order valence-electron chi connectivity index (χ3n) is 3.19. The third-order valence-corrected chi connectivity index (χ3v) is 3.36. The third kappa shape index (κ3) is 1.76. The highest BCUT2D eigenvalue weighted by molar-refractivity contribution is 6.28. The van der Waals surface area contributed by atoms with Crippen molar-refractivity contribution in [3.8, 4) is 0 Å². The van der Waals surface area contributed by atoms with Gasteiger partial charge in [-0.1, -0.05) is 0 Å². The summed E-state index contributed by atoms with van der Waals surface area (Å²) in [6.45, 7) is 3.35. The van der Waals surface area contributed by atoms with Gasteiger partial charge in [0.05, 0.1) is 18.9 Å². The van der Waals surface area contributed by atoms with Crippen LogP contribution in [0.5, 0.6) is 0 Å². The monoisotopic (exact) mass is 239 g/mol. The predicted octanol–water partition coefficient (Wildman–Crippen LogP) is 1.46. The number of nitrogens with zero attached hydrogens (tertiary/aromatic N) is 3. The van der Waals surface area contributed by atoms with Gasteiger partial charge < -0.3 is 9.64 Å². The van der Waals surface area contributed by atoms with E-state index in [1.807, 2.05) is 0 Å². The molecule has 0 aromatic carbocycles. The molecule has 1 aromatic heterocycles. The van der Waals surface area contributed by atoms with Crippen LogP contribution in [0, 0.1) is 0 Å². The summed E-state index contributed by atoms with van der Waals surface area (Å²) in [5.74, 6) is 1.04. The van der Waals surface area contributed by atoms with Crippen LogP contribution in [-0.2, 0) is 17.6 Å². The Labute approximate surface area is 99.6 Å². The standard InChI is InChI=1S/C11H14ClN3O/c12-11-13-9-3-1-2-8(9)10(14-11)15-4-6-16-7-5-15/h1-7H2. The Morgan fingerprint density at radius 3 is 2.75 bits per heavy atom. The van der Waals surface area contributed by atoms with Crippen molar-refractivity contribution in [1.29, 1.82) is 0 Å². The van der Waals surface area contributed by atoms with Gasteiger partial charge in [-0.3, -0.25) is 0 Å². The van der Waals surface area contributed by atoms with Crippen molar-refractivity contribution >= 4 is 17.4 Å². The van der Waals surface area contributed by atoms with Gasteiger partial charge in [-0.2, -0.15) is 0 Å². The lowest BCUT2D eigenvalue weighted by atomic mass is 10.2. The van der Waals surface area contributed by atoms with Gasteiger partial charge in [-0.05, 0) is 30.9 Å². The lowest BCUT2D eigenvalue weighted by molar-refractivity contribution is 0.122. The van der Waals surface area contributed by atoms with E-state index in [1.54, 1.807) is 0 Å². The molecule has 86 valence electrons. The Kier molecular flexibility index (Phi) is 2.69. The Morgan fingerprint density at radius 2 is 1.94 bits per heavy atom. The molecule has 1 aliphatic carbocycles. The molecule has 0 atom stereocenters. The molecule has 1 aliphatic heterocycles. The van der Waals surface area contributed by atoms with E-state index in [0.717, 1.165) is 50.7 Å². The van der Waals surface area contributed by atoms with Crippen molar-refractivity contribution in [2.75, 3.05) is 31.2 Å². The average molecular weight is 240 g/mol. The van der Waals surface area contributed by atoms with Crippen molar-refractivity contribution in [2.45, 2.75) is 19.3 Å². The number of halogens is 1. The molecule has 1 saturated heterocycles. The van der Waals surface area contributed by atoms with Crippen LogP contribution in [0.1, 0.15) is 17.7 Å². The highest BCUT2D eigenvalue weighted by Crippen LogP contribution is 2.30. The molecule has 2 heterocycles. The quantitative estimate of drug-likeness (QED) is 0.696. The molecule has 1 fully saturated rings. The fourth-order valence-electron chi connectivity index (χ4n) is 2.42. The zero-order chi connectivity index (χ0) is 11.0. The molecule has 2 aliphatic rings. The van der Waals surface area contributed by atoms with Gasteiger partial charge in [-0.25, -0.2) is 9.97 Å². The van der Waals surface area contributed by atoms with E-state index in [4.69, 9.17) is 16.3 Å². The molecule has 0 unspecified atom stereocenters. The van der Waals surface area contributed by atoms with Crippen molar-refractivity contribution in [2.24, 2.45) is 0 Å². The number of rotatable bonds is 1. The van der Waals surface area contributed by atoms with Crippen molar-refractivity contribution < 1.29 is 4.74 Å². The summed E-state index contributed by atoms with van der Waals surface area (Å²) in [4.78, 5) is 11.0. The van der Waals surface area contributed by atoms with Crippen LogP contribution in [0.4, 0.5) is 5.82 Å². The van der Waals surface area contributed by atoms with Gasteiger partial charge in [0.25, 0.3) is 0 Å². The predicted molar refractivity (Wildman–Crippen MR) is 62.1 cm³/mol. The maximum absolute atomic E-state index is 5.97. The second-order valence-electron chi connectivity index (χ2n) is 4.19. The lowest BCUT2D eigenvalue weighted by Gasteiger charge is -2.29. The summed E-state index contributed by atoms with van der Waals surface area (Å²) >= 11 is 5.97. The van der Waals surface area contributed by atoms with Gasteiger partial charge in [0, 0.05) is 18.7 Å². The Balaban J connectivity index is 1.99. The van der Waals surface area contributed by atoms with E-state index < -0.39 is 0 Å². The van der Waals surface area contributed by atoms with Crippen molar-refractivity contribution in [3.63, 3.8) is 0 Å². The van der Waals surface area contributed by atoms with Gasteiger partial charge in [0.2, 0.25) is 5.28 Å². The lowest BCUT2D eigenvalue weighted by Crippen LogP contribution is -2.37. The van der Waals surface area contributed by atoms with Crippen LogP contribution in [0.25, 0.3) is 0 Å². The number of aromatic nitrogens is 2. The smallest absolute Gasteiger partial charge is 0.224 e. The van der Waals surface area contributed by atoms with Gasteiger partial charge in [0.15, 0.2) is 0 Å². The number of aryl methyl sites for hydroxylation is 1. The molecular formula is C11H14ClN3O. The first kappa shape index (κ1) is 10.3.